The van der Waals surface area contributed by atoms with Crippen molar-refractivity contribution in [3.8, 4) is 11.1 Å². The van der Waals surface area contributed by atoms with Gasteiger partial charge in [-0.05, 0) is 30.7 Å². The van der Waals surface area contributed by atoms with E-state index in [0.717, 1.165) is 33.4 Å². The third kappa shape index (κ3) is 2.44. The Morgan fingerprint density at radius 1 is 1.26 bits per heavy atom. The first-order chi connectivity index (χ1) is 11.1. The second kappa shape index (κ2) is 5.12. The number of para-hydroxylation sites is 1. The van der Waals surface area contributed by atoms with Crippen LogP contribution in [0.2, 0.25) is 0 Å². The molecule has 5 heteroatoms. The fourth-order valence-electron chi connectivity index (χ4n) is 3.15. The Labute approximate surface area is 134 Å². The number of aryl methyl sites for hydroxylation is 1. The van der Waals surface area contributed by atoms with E-state index in [1.54, 1.807) is 0 Å². The molecule has 0 fully saturated rings. The largest absolute Gasteiger partial charge is 0.380 e. The van der Waals surface area contributed by atoms with Crippen molar-refractivity contribution in [2.75, 3.05) is 10.6 Å². The number of benzene rings is 2. The Morgan fingerprint density at radius 2 is 2.13 bits per heavy atom. The molecule has 1 atom stereocenters. The SMILES string of the molecule is C[C@@H]1CC(=O)Nc2cccc(-c3ccc4nn(C)cc4c3)c2N1. The molecule has 1 aliphatic rings. The molecule has 0 spiro atoms. The van der Waals surface area contributed by atoms with Gasteiger partial charge >= 0.3 is 0 Å². The molecule has 116 valence electrons. The number of aromatic nitrogens is 2. The maximum Gasteiger partial charge on any atom is 0.226 e. The van der Waals surface area contributed by atoms with Crippen molar-refractivity contribution >= 4 is 28.2 Å². The molecule has 2 N–H and O–H groups in total. The first kappa shape index (κ1) is 13.8. The third-order valence-corrected chi connectivity index (χ3v) is 4.15. The molecule has 0 bridgehead atoms. The van der Waals surface area contributed by atoms with Crippen LogP contribution in [0.4, 0.5) is 11.4 Å². The number of fused-ring (bicyclic) bond motifs is 2. The van der Waals surface area contributed by atoms with Crippen LogP contribution in [0.1, 0.15) is 13.3 Å². The van der Waals surface area contributed by atoms with Crippen LogP contribution in [0.15, 0.2) is 42.6 Å². The topological polar surface area (TPSA) is 59.0 Å². The first-order valence-corrected chi connectivity index (χ1v) is 7.73. The molecular formula is C18H18N4O. The van der Waals surface area contributed by atoms with Crippen molar-refractivity contribution in [3.05, 3.63) is 42.6 Å². The molecule has 2 aromatic carbocycles. The van der Waals surface area contributed by atoms with E-state index in [1.807, 2.05) is 43.0 Å². The molecule has 0 radical (unpaired) electrons. The molecule has 1 amide bonds. The molecule has 0 unspecified atom stereocenters. The Bertz CT molecular complexity index is 913. The summed E-state index contributed by atoms with van der Waals surface area (Å²) >= 11 is 0. The lowest BCUT2D eigenvalue weighted by Crippen LogP contribution is -2.19. The van der Waals surface area contributed by atoms with E-state index in [0.29, 0.717) is 6.42 Å². The molecule has 1 aliphatic heterocycles. The van der Waals surface area contributed by atoms with Gasteiger partial charge in [0.15, 0.2) is 0 Å². The number of hydrogen-bond acceptors (Lipinski definition) is 3. The van der Waals surface area contributed by atoms with Gasteiger partial charge in [-0.25, -0.2) is 0 Å². The van der Waals surface area contributed by atoms with E-state index in [2.05, 4.69) is 33.9 Å². The maximum atomic E-state index is 11.9. The molecular weight excluding hydrogens is 288 g/mol. The van der Waals surface area contributed by atoms with Gasteiger partial charge in [-0.1, -0.05) is 18.2 Å². The number of hydrogen-bond donors (Lipinski definition) is 2. The zero-order valence-electron chi connectivity index (χ0n) is 13.1. The summed E-state index contributed by atoms with van der Waals surface area (Å²) in [6, 6.07) is 12.3. The molecule has 5 nitrogen and oxygen atoms in total. The van der Waals surface area contributed by atoms with Crippen molar-refractivity contribution < 1.29 is 4.79 Å². The monoisotopic (exact) mass is 306 g/mol. The fraction of sp³-hybridized carbons (Fsp3) is 0.222. The molecule has 0 saturated heterocycles. The highest BCUT2D eigenvalue weighted by Gasteiger charge is 2.20. The standard InChI is InChI=1S/C18H18N4O/c1-11-8-17(23)20-16-5-3-4-14(18(16)19-11)12-6-7-15-13(9-12)10-22(2)21-15/h3-7,9-11,19H,8H2,1-2H3,(H,20,23)/t11-/m1/s1. The number of rotatable bonds is 1. The number of nitrogens with zero attached hydrogens (tertiary/aromatic N) is 2. The summed E-state index contributed by atoms with van der Waals surface area (Å²) < 4.78 is 1.82. The Balaban J connectivity index is 1.87. The van der Waals surface area contributed by atoms with Crippen molar-refractivity contribution in [1.82, 2.24) is 9.78 Å². The van der Waals surface area contributed by atoms with Crippen LogP contribution >= 0.6 is 0 Å². The van der Waals surface area contributed by atoms with E-state index >= 15 is 0 Å². The van der Waals surface area contributed by atoms with Gasteiger partial charge in [0.2, 0.25) is 5.91 Å². The van der Waals surface area contributed by atoms with Crippen LogP contribution in [0.3, 0.4) is 0 Å². The summed E-state index contributed by atoms with van der Waals surface area (Å²) in [6.45, 7) is 2.02. The second-order valence-electron chi connectivity index (χ2n) is 6.10. The molecule has 23 heavy (non-hydrogen) atoms. The normalized spacial score (nSPS) is 17.3. The molecule has 1 aromatic heterocycles. The summed E-state index contributed by atoms with van der Waals surface area (Å²) in [6.07, 6.45) is 2.48. The highest BCUT2D eigenvalue weighted by Crippen LogP contribution is 2.37. The highest BCUT2D eigenvalue weighted by molar-refractivity contribution is 6.00. The summed E-state index contributed by atoms with van der Waals surface area (Å²) in [5.74, 6) is 0.0450. The van der Waals surface area contributed by atoms with Crippen molar-refractivity contribution in [1.29, 1.82) is 0 Å². The van der Waals surface area contributed by atoms with E-state index in [4.69, 9.17) is 0 Å². The number of nitrogens with one attached hydrogen (secondary N) is 2. The molecule has 4 rings (SSSR count). The van der Waals surface area contributed by atoms with Gasteiger partial charge in [-0.2, -0.15) is 5.10 Å². The van der Waals surface area contributed by atoms with E-state index in [1.165, 1.54) is 0 Å². The lowest BCUT2D eigenvalue weighted by molar-refractivity contribution is -0.116. The van der Waals surface area contributed by atoms with Gasteiger partial charge in [0, 0.05) is 36.7 Å². The molecule has 2 heterocycles. The predicted molar refractivity (Wildman–Crippen MR) is 92.5 cm³/mol. The number of carbonyl (C=O) groups is 1. The van der Waals surface area contributed by atoms with Gasteiger partial charge in [-0.15, -0.1) is 0 Å². The summed E-state index contributed by atoms with van der Waals surface area (Å²) in [4.78, 5) is 11.9. The van der Waals surface area contributed by atoms with Crippen LogP contribution in [-0.2, 0) is 11.8 Å². The van der Waals surface area contributed by atoms with Gasteiger partial charge < -0.3 is 10.6 Å². The quantitative estimate of drug-likeness (QED) is 0.724. The van der Waals surface area contributed by atoms with Gasteiger partial charge in [-0.3, -0.25) is 9.48 Å². The minimum atomic E-state index is 0.0450. The fourth-order valence-corrected chi connectivity index (χ4v) is 3.15. The lowest BCUT2D eigenvalue weighted by Gasteiger charge is -2.16. The molecule has 0 saturated carbocycles. The minimum absolute atomic E-state index is 0.0450. The van der Waals surface area contributed by atoms with Crippen LogP contribution in [0, 0.1) is 0 Å². The smallest absolute Gasteiger partial charge is 0.226 e. The van der Waals surface area contributed by atoms with Crippen molar-refractivity contribution in [2.24, 2.45) is 7.05 Å². The Hall–Kier alpha value is -2.82. The average Bonchev–Trinajstić information content (AvgIpc) is 2.79. The van der Waals surface area contributed by atoms with Crippen molar-refractivity contribution in [3.63, 3.8) is 0 Å². The maximum absolute atomic E-state index is 11.9. The number of carbonyl (C=O) groups excluding carboxylic acids is 1. The van der Waals surface area contributed by atoms with Gasteiger partial charge in [0.1, 0.15) is 0 Å². The van der Waals surface area contributed by atoms with Crippen molar-refractivity contribution in [2.45, 2.75) is 19.4 Å². The second-order valence-corrected chi connectivity index (χ2v) is 6.10. The van der Waals surface area contributed by atoms with E-state index in [9.17, 15) is 4.79 Å². The van der Waals surface area contributed by atoms with Crippen LogP contribution in [0.5, 0.6) is 0 Å². The highest BCUT2D eigenvalue weighted by atomic mass is 16.1. The Morgan fingerprint density at radius 3 is 3.00 bits per heavy atom. The number of anilines is 2. The molecule has 3 aromatic rings. The van der Waals surface area contributed by atoms with Crippen LogP contribution in [0.25, 0.3) is 22.0 Å². The summed E-state index contributed by atoms with van der Waals surface area (Å²) in [5.41, 5.74) is 4.99. The van der Waals surface area contributed by atoms with E-state index in [-0.39, 0.29) is 11.9 Å². The molecule has 0 aliphatic carbocycles. The first-order valence-electron chi connectivity index (χ1n) is 7.73. The third-order valence-electron chi connectivity index (χ3n) is 4.15. The summed E-state index contributed by atoms with van der Waals surface area (Å²) in [5, 5.41) is 12.0. The zero-order valence-corrected chi connectivity index (χ0v) is 13.1. The lowest BCUT2D eigenvalue weighted by atomic mass is 10.0. The summed E-state index contributed by atoms with van der Waals surface area (Å²) in [7, 11) is 1.92. The van der Waals surface area contributed by atoms with Crippen LogP contribution in [-0.4, -0.2) is 21.7 Å². The van der Waals surface area contributed by atoms with E-state index < -0.39 is 0 Å². The predicted octanol–water partition coefficient (Wildman–Crippen LogP) is 3.38. The Kier molecular flexibility index (Phi) is 3.08. The van der Waals surface area contributed by atoms with Gasteiger partial charge in [0.25, 0.3) is 0 Å². The van der Waals surface area contributed by atoms with Crippen LogP contribution < -0.4 is 10.6 Å². The van der Waals surface area contributed by atoms with Gasteiger partial charge in [0.05, 0.1) is 16.9 Å². The average molecular weight is 306 g/mol. The zero-order chi connectivity index (χ0) is 16.0. The minimum Gasteiger partial charge on any atom is -0.380 e. The number of amides is 1.